The summed E-state index contributed by atoms with van der Waals surface area (Å²) < 4.78 is 11.8. The summed E-state index contributed by atoms with van der Waals surface area (Å²) in [6.45, 7) is 0. The van der Waals surface area contributed by atoms with Gasteiger partial charge in [-0.1, -0.05) is 12.5 Å². The van der Waals surface area contributed by atoms with E-state index in [4.69, 9.17) is 9.47 Å². The Bertz CT molecular complexity index is 642. The van der Waals surface area contributed by atoms with Crippen molar-refractivity contribution in [3.63, 3.8) is 0 Å². The second-order valence-electron chi connectivity index (χ2n) is 7.47. The molecule has 1 heterocycles. The van der Waals surface area contributed by atoms with Crippen molar-refractivity contribution in [3.05, 3.63) is 23.3 Å². The molecule has 6 atom stereocenters. The number of hydrogen-bond donors (Lipinski definition) is 2. The van der Waals surface area contributed by atoms with Gasteiger partial charge in [-0.15, -0.1) is 0 Å². The number of aliphatic hydroxyl groups is 2. The molecule has 0 radical (unpaired) electrons. The number of ether oxygens (including phenoxy) is 2. The Morgan fingerprint density at radius 2 is 2.18 bits per heavy atom. The second-order valence-corrected chi connectivity index (χ2v) is 7.47. The molecule has 2 saturated carbocycles. The molecule has 0 aromatic heterocycles. The molecule has 3 aliphatic carbocycles. The van der Waals surface area contributed by atoms with Crippen LogP contribution in [0.5, 0.6) is 11.5 Å². The van der Waals surface area contributed by atoms with Crippen LogP contribution in [-0.4, -0.2) is 35.6 Å². The Morgan fingerprint density at radius 3 is 3.00 bits per heavy atom. The summed E-state index contributed by atoms with van der Waals surface area (Å²) in [5.74, 6) is 2.61. The highest BCUT2D eigenvalue weighted by atomic mass is 16.5. The number of methoxy groups -OCH3 is 1. The van der Waals surface area contributed by atoms with Crippen LogP contribution in [0.1, 0.15) is 36.8 Å². The maximum Gasteiger partial charge on any atom is 0.165 e. The highest BCUT2D eigenvalue weighted by Crippen LogP contribution is 2.65. The summed E-state index contributed by atoms with van der Waals surface area (Å²) in [4.78, 5) is 0. The third kappa shape index (κ3) is 1.32. The molecular weight excluding hydrogens is 280 g/mol. The van der Waals surface area contributed by atoms with Crippen LogP contribution in [0.3, 0.4) is 0 Å². The first kappa shape index (κ1) is 13.2. The molecule has 2 fully saturated rings. The molecule has 0 amide bonds. The van der Waals surface area contributed by atoms with Crippen LogP contribution in [0.4, 0.5) is 0 Å². The molecule has 2 bridgehead atoms. The van der Waals surface area contributed by atoms with Crippen LogP contribution in [0.15, 0.2) is 12.1 Å². The van der Waals surface area contributed by atoms with Crippen molar-refractivity contribution in [1.29, 1.82) is 0 Å². The third-order valence-electron chi connectivity index (χ3n) is 6.72. The SMILES string of the molecule is COc1ccc2c3c1OC1C(O)C(O)CC4C(CCCC341)C2. The quantitative estimate of drug-likeness (QED) is 0.830. The molecule has 1 aliphatic heterocycles. The molecule has 4 aliphatic rings. The maximum atomic E-state index is 10.6. The van der Waals surface area contributed by atoms with Crippen LogP contribution in [0.2, 0.25) is 0 Å². The fourth-order valence-corrected chi connectivity index (χ4v) is 5.97. The van der Waals surface area contributed by atoms with Gasteiger partial charge in [-0.25, -0.2) is 0 Å². The van der Waals surface area contributed by atoms with Gasteiger partial charge >= 0.3 is 0 Å². The molecule has 0 saturated heterocycles. The Balaban J connectivity index is 1.79. The van der Waals surface area contributed by atoms with Crippen LogP contribution in [0.25, 0.3) is 0 Å². The molecule has 2 N–H and O–H groups in total. The third-order valence-corrected chi connectivity index (χ3v) is 6.72. The lowest BCUT2D eigenvalue weighted by molar-refractivity contribution is -0.143. The van der Waals surface area contributed by atoms with Gasteiger partial charge in [0, 0.05) is 11.0 Å². The van der Waals surface area contributed by atoms with Crippen molar-refractivity contribution >= 4 is 0 Å². The van der Waals surface area contributed by atoms with Crippen LogP contribution >= 0.6 is 0 Å². The van der Waals surface area contributed by atoms with Crippen LogP contribution < -0.4 is 9.47 Å². The first-order valence-corrected chi connectivity index (χ1v) is 8.40. The van der Waals surface area contributed by atoms with Gasteiger partial charge in [0.15, 0.2) is 11.5 Å². The zero-order chi connectivity index (χ0) is 15.1. The Morgan fingerprint density at radius 1 is 1.32 bits per heavy atom. The van der Waals surface area contributed by atoms with E-state index in [1.165, 1.54) is 24.0 Å². The first-order chi connectivity index (χ1) is 10.7. The highest BCUT2D eigenvalue weighted by Gasteiger charge is 2.66. The number of benzene rings is 1. The lowest BCUT2D eigenvalue weighted by atomic mass is 9.48. The number of hydrogen-bond acceptors (Lipinski definition) is 4. The maximum absolute atomic E-state index is 10.6. The lowest BCUT2D eigenvalue weighted by Crippen LogP contribution is -2.63. The van der Waals surface area contributed by atoms with E-state index in [1.54, 1.807) is 7.11 Å². The van der Waals surface area contributed by atoms with Crippen molar-refractivity contribution in [2.45, 2.75) is 55.8 Å². The van der Waals surface area contributed by atoms with Gasteiger partial charge in [-0.05, 0) is 49.1 Å². The molecule has 6 unspecified atom stereocenters. The van der Waals surface area contributed by atoms with Gasteiger partial charge in [0.05, 0.1) is 13.2 Å². The van der Waals surface area contributed by atoms with Crippen molar-refractivity contribution in [2.75, 3.05) is 7.11 Å². The molecule has 1 aromatic carbocycles. The average Bonchev–Trinajstić information content (AvgIpc) is 2.85. The summed E-state index contributed by atoms with van der Waals surface area (Å²) >= 11 is 0. The molecule has 118 valence electrons. The first-order valence-electron chi connectivity index (χ1n) is 8.40. The smallest absolute Gasteiger partial charge is 0.165 e. The van der Waals surface area contributed by atoms with Crippen LogP contribution in [0, 0.1) is 11.8 Å². The molecule has 1 aromatic rings. The normalized spacial score (nSPS) is 44.2. The van der Waals surface area contributed by atoms with E-state index >= 15 is 0 Å². The minimum atomic E-state index is -0.807. The van der Waals surface area contributed by atoms with E-state index < -0.39 is 12.2 Å². The van der Waals surface area contributed by atoms with Crippen molar-refractivity contribution in [3.8, 4) is 11.5 Å². The largest absolute Gasteiger partial charge is 0.493 e. The topological polar surface area (TPSA) is 58.9 Å². The van der Waals surface area contributed by atoms with Gasteiger partial charge in [0.2, 0.25) is 0 Å². The van der Waals surface area contributed by atoms with E-state index in [0.29, 0.717) is 18.3 Å². The Labute approximate surface area is 130 Å². The fraction of sp³-hybridized carbons (Fsp3) is 0.667. The summed E-state index contributed by atoms with van der Waals surface area (Å²) in [7, 11) is 1.66. The van der Waals surface area contributed by atoms with Gasteiger partial charge < -0.3 is 19.7 Å². The van der Waals surface area contributed by atoms with Gasteiger partial charge in [0.25, 0.3) is 0 Å². The minimum absolute atomic E-state index is 0.112. The number of aliphatic hydroxyl groups excluding tert-OH is 2. The van der Waals surface area contributed by atoms with Crippen molar-refractivity contribution < 1.29 is 19.7 Å². The lowest BCUT2D eigenvalue weighted by Gasteiger charge is -2.56. The van der Waals surface area contributed by atoms with Crippen LogP contribution in [-0.2, 0) is 11.8 Å². The molecule has 4 heteroatoms. The van der Waals surface area contributed by atoms with E-state index in [0.717, 1.165) is 24.3 Å². The second kappa shape index (κ2) is 4.18. The monoisotopic (exact) mass is 302 g/mol. The predicted octanol–water partition coefficient (Wildman–Crippen LogP) is 1.79. The zero-order valence-corrected chi connectivity index (χ0v) is 12.8. The number of rotatable bonds is 1. The molecular formula is C18H22O4. The predicted molar refractivity (Wildman–Crippen MR) is 80.3 cm³/mol. The molecule has 1 spiro atoms. The Kier molecular flexibility index (Phi) is 2.51. The molecule has 4 nitrogen and oxygen atoms in total. The molecule has 22 heavy (non-hydrogen) atoms. The van der Waals surface area contributed by atoms with E-state index in [2.05, 4.69) is 6.07 Å². The minimum Gasteiger partial charge on any atom is -0.493 e. The summed E-state index contributed by atoms with van der Waals surface area (Å²) in [5, 5.41) is 21.0. The average molecular weight is 302 g/mol. The zero-order valence-electron chi connectivity index (χ0n) is 12.8. The van der Waals surface area contributed by atoms with Gasteiger partial charge in [-0.3, -0.25) is 0 Å². The summed E-state index contributed by atoms with van der Waals surface area (Å²) in [6, 6.07) is 4.16. The highest BCUT2D eigenvalue weighted by molar-refractivity contribution is 5.60. The van der Waals surface area contributed by atoms with Gasteiger partial charge in [-0.2, -0.15) is 0 Å². The van der Waals surface area contributed by atoms with E-state index in [1.807, 2.05) is 6.07 Å². The summed E-state index contributed by atoms with van der Waals surface area (Å²) in [6.07, 6.45) is 3.41. The fourth-order valence-electron chi connectivity index (χ4n) is 5.97. The summed E-state index contributed by atoms with van der Waals surface area (Å²) in [5.41, 5.74) is 2.53. The van der Waals surface area contributed by atoms with Crippen molar-refractivity contribution in [1.82, 2.24) is 0 Å². The standard InChI is InChI=1S/C18H22O4/c1-21-13-5-4-10-7-9-3-2-6-18-11(9)8-12(19)15(20)17(18)22-16(13)14(10)18/h4-5,9,11-12,15,17,19-20H,2-3,6-8H2,1H3. The van der Waals surface area contributed by atoms with E-state index in [9.17, 15) is 10.2 Å². The Hall–Kier alpha value is -1.26. The van der Waals surface area contributed by atoms with E-state index in [-0.39, 0.29) is 11.5 Å². The molecule has 5 rings (SSSR count). The van der Waals surface area contributed by atoms with Crippen molar-refractivity contribution in [2.24, 2.45) is 11.8 Å². The van der Waals surface area contributed by atoms with Gasteiger partial charge in [0.1, 0.15) is 12.2 Å².